The number of rotatable bonds is 14. The predicted molar refractivity (Wildman–Crippen MR) is 175 cm³/mol. The highest BCUT2D eigenvalue weighted by molar-refractivity contribution is 7.92. The molecule has 0 saturated carbocycles. The largest absolute Gasteiger partial charge is 0.493 e. The molecule has 14 nitrogen and oxygen atoms in total. The van der Waals surface area contributed by atoms with Crippen LogP contribution in [0.3, 0.4) is 0 Å². The highest BCUT2D eigenvalue weighted by atomic mass is 32.2. The van der Waals surface area contributed by atoms with Crippen LogP contribution in [-0.4, -0.2) is 59.1 Å². The van der Waals surface area contributed by atoms with Gasteiger partial charge < -0.3 is 33.7 Å². The molecule has 1 aliphatic heterocycles. The summed E-state index contributed by atoms with van der Waals surface area (Å²) in [4.78, 5) is 29.4. The van der Waals surface area contributed by atoms with Crippen molar-refractivity contribution >= 4 is 33.5 Å². The van der Waals surface area contributed by atoms with Crippen LogP contribution in [0.2, 0.25) is 0 Å². The topological polar surface area (TPSA) is 173 Å². The molecule has 2 heterocycles. The van der Waals surface area contributed by atoms with E-state index in [1.165, 1.54) is 43.6 Å². The molecule has 2 amide bonds. The Bertz CT molecular complexity index is 1870. The van der Waals surface area contributed by atoms with Gasteiger partial charge in [0.25, 0.3) is 15.9 Å². The number of amides is 2. The number of fused-ring (bicyclic) bond motifs is 1. The first kappa shape index (κ1) is 33.7. The monoisotopic (exact) mass is 678 g/mol. The van der Waals surface area contributed by atoms with Gasteiger partial charge in [-0.3, -0.25) is 14.8 Å². The molecule has 0 fully saturated rings. The SMILES string of the molecule is COc1ccccc1Oc1c(NS(=O)(=O)c2ccc3c(c2)OCO3)cc(C(=O)NCC(C)C)cc1OCCOC(=O)Nc1ccccn1. The molecule has 0 atom stereocenters. The second-order valence-electron chi connectivity index (χ2n) is 10.7. The van der Waals surface area contributed by atoms with E-state index in [0.29, 0.717) is 23.9 Å². The van der Waals surface area contributed by atoms with Crippen LogP contribution >= 0.6 is 0 Å². The molecule has 3 aromatic carbocycles. The first-order valence-corrected chi connectivity index (χ1v) is 16.3. The maximum Gasteiger partial charge on any atom is 0.412 e. The number of carbonyl (C=O) groups is 2. The van der Waals surface area contributed by atoms with Crippen molar-refractivity contribution in [2.45, 2.75) is 18.7 Å². The van der Waals surface area contributed by atoms with E-state index < -0.39 is 22.0 Å². The highest BCUT2D eigenvalue weighted by Gasteiger charge is 2.26. The molecule has 0 saturated heterocycles. The van der Waals surface area contributed by atoms with Gasteiger partial charge in [0.1, 0.15) is 19.0 Å². The Hall–Kier alpha value is -5.70. The van der Waals surface area contributed by atoms with Crippen LogP contribution < -0.4 is 39.0 Å². The van der Waals surface area contributed by atoms with E-state index in [0.717, 1.165) is 0 Å². The normalized spacial score (nSPS) is 11.8. The fourth-order valence-corrected chi connectivity index (χ4v) is 5.41. The predicted octanol–water partition coefficient (Wildman–Crippen LogP) is 5.43. The van der Waals surface area contributed by atoms with E-state index in [2.05, 4.69) is 20.3 Å². The molecule has 15 heteroatoms. The van der Waals surface area contributed by atoms with Crippen molar-refractivity contribution in [1.82, 2.24) is 10.3 Å². The number of pyridine rings is 1. The molecule has 1 aliphatic rings. The molecule has 252 valence electrons. The van der Waals surface area contributed by atoms with Crippen molar-refractivity contribution < 1.29 is 46.4 Å². The molecule has 48 heavy (non-hydrogen) atoms. The molecular weight excluding hydrogens is 644 g/mol. The van der Waals surface area contributed by atoms with Crippen LogP contribution in [0.5, 0.6) is 34.5 Å². The summed E-state index contributed by atoms with van der Waals surface area (Å²) in [6, 6.07) is 18.7. The summed E-state index contributed by atoms with van der Waals surface area (Å²) in [6.45, 7) is 3.80. The number of nitrogens with zero attached hydrogens (tertiary/aromatic N) is 1. The maximum absolute atomic E-state index is 13.7. The lowest BCUT2D eigenvalue weighted by molar-refractivity contribution is 0.0948. The Balaban J connectivity index is 1.49. The number of aromatic nitrogens is 1. The molecular formula is C33H34N4O10S. The Kier molecular flexibility index (Phi) is 10.7. The zero-order chi connectivity index (χ0) is 34.1. The zero-order valence-electron chi connectivity index (χ0n) is 26.3. The van der Waals surface area contributed by atoms with Gasteiger partial charge in [-0.1, -0.05) is 32.0 Å². The number of anilines is 2. The highest BCUT2D eigenvalue weighted by Crippen LogP contribution is 2.44. The third-order valence-corrected chi connectivity index (χ3v) is 8.00. The van der Waals surface area contributed by atoms with Crippen molar-refractivity contribution in [3.05, 3.63) is 84.6 Å². The standard InChI is InChI=1S/C33H34N4O10S/c1-21(2)19-35-32(38)22-16-24(37-48(40,41)23-11-12-26-28(18-23)46-20-45-26)31(47-27-9-5-4-8-25(27)42-3)29(17-22)43-14-15-44-33(39)36-30-10-6-7-13-34-30/h4-13,16-18,21,37H,14-15,19-20H2,1-3H3,(H,35,38)(H,34,36,39). The fraction of sp³-hybridized carbons (Fsp3) is 0.242. The molecule has 0 spiro atoms. The number of sulfonamides is 1. The zero-order valence-corrected chi connectivity index (χ0v) is 27.2. The van der Waals surface area contributed by atoms with Crippen LogP contribution in [0.25, 0.3) is 0 Å². The Morgan fingerprint density at radius 3 is 2.44 bits per heavy atom. The Morgan fingerprint density at radius 2 is 1.69 bits per heavy atom. The number of ether oxygens (including phenoxy) is 6. The minimum absolute atomic E-state index is 0.0183. The summed E-state index contributed by atoms with van der Waals surface area (Å²) in [5.41, 5.74) is -0.0326. The molecule has 1 aromatic heterocycles. The van der Waals surface area contributed by atoms with Gasteiger partial charge >= 0.3 is 6.09 Å². The van der Waals surface area contributed by atoms with Crippen LogP contribution in [0.1, 0.15) is 24.2 Å². The molecule has 0 radical (unpaired) electrons. The maximum atomic E-state index is 13.7. The second-order valence-corrected chi connectivity index (χ2v) is 12.3. The summed E-state index contributed by atoms with van der Waals surface area (Å²) in [6.07, 6.45) is 0.756. The lowest BCUT2D eigenvalue weighted by atomic mass is 10.1. The number of para-hydroxylation sites is 2. The average Bonchev–Trinajstić information content (AvgIpc) is 3.55. The summed E-state index contributed by atoms with van der Waals surface area (Å²) in [5, 5.41) is 5.32. The van der Waals surface area contributed by atoms with Gasteiger partial charge in [0.05, 0.1) is 17.7 Å². The van der Waals surface area contributed by atoms with E-state index in [-0.39, 0.29) is 65.1 Å². The average molecular weight is 679 g/mol. The van der Waals surface area contributed by atoms with Crippen molar-refractivity contribution in [3.63, 3.8) is 0 Å². The summed E-state index contributed by atoms with van der Waals surface area (Å²) in [5.74, 6) is 1.12. The number of methoxy groups -OCH3 is 1. The molecule has 0 bridgehead atoms. The van der Waals surface area contributed by atoms with Crippen LogP contribution in [0.15, 0.2) is 83.9 Å². The third-order valence-electron chi connectivity index (χ3n) is 6.64. The van der Waals surface area contributed by atoms with Gasteiger partial charge in [0, 0.05) is 24.4 Å². The quantitative estimate of drug-likeness (QED) is 0.145. The summed E-state index contributed by atoms with van der Waals surface area (Å²) < 4.78 is 63.5. The summed E-state index contributed by atoms with van der Waals surface area (Å²) in [7, 11) is -2.83. The van der Waals surface area contributed by atoms with E-state index in [9.17, 15) is 18.0 Å². The number of hydrogen-bond acceptors (Lipinski definition) is 11. The van der Waals surface area contributed by atoms with Crippen molar-refractivity contribution in [3.8, 4) is 34.5 Å². The lowest BCUT2D eigenvalue weighted by Gasteiger charge is -2.20. The van der Waals surface area contributed by atoms with Gasteiger partial charge in [-0.15, -0.1) is 0 Å². The van der Waals surface area contributed by atoms with Crippen LogP contribution in [-0.2, 0) is 14.8 Å². The number of carbonyl (C=O) groups excluding carboxylic acids is 2. The van der Waals surface area contributed by atoms with Crippen molar-refractivity contribution in [2.24, 2.45) is 5.92 Å². The smallest absolute Gasteiger partial charge is 0.412 e. The molecule has 5 rings (SSSR count). The minimum atomic E-state index is -4.28. The van der Waals surface area contributed by atoms with E-state index in [4.69, 9.17) is 28.4 Å². The Labute approximate surface area is 277 Å². The van der Waals surface area contributed by atoms with Gasteiger partial charge in [-0.2, -0.15) is 0 Å². The molecule has 3 N–H and O–H groups in total. The summed E-state index contributed by atoms with van der Waals surface area (Å²) >= 11 is 0. The first-order chi connectivity index (χ1) is 23.1. The van der Waals surface area contributed by atoms with Crippen molar-refractivity contribution in [2.75, 3.05) is 43.7 Å². The number of hydrogen-bond donors (Lipinski definition) is 3. The number of benzene rings is 3. The second kappa shape index (κ2) is 15.3. The first-order valence-electron chi connectivity index (χ1n) is 14.8. The van der Waals surface area contributed by atoms with Crippen LogP contribution in [0.4, 0.5) is 16.3 Å². The minimum Gasteiger partial charge on any atom is -0.493 e. The molecule has 0 unspecified atom stereocenters. The van der Waals surface area contributed by atoms with E-state index in [1.54, 1.807) is 42.5 Å². The third kappa shape index (κ3) is 8.55. The van der Waals surface area contributed by atoms with Gasteiger partial charge in [0.2, 0.25) is 6.79 Å². The lowest BCUT2D eigenvalue weighted by Crippen LogP contribution is -2.27. The van der Waals surface area contributed by atoms with Crippen molar-refractivity contribution in [1.29, 1.82) is 0 Å². The van der Waals surface area contributed by atoms with Gasteiger partial charge in [-0.25, -0.2) is 18.2 Å². The van der Waals surface area contributed by atoms with E-state index in [1.807, 2.05) is 13.8 Å². The van der Waals surface area contributed by atoms with E-state index >= 15 is 0 Å². The fourth-order valence-electron chi connectivity index (χ4n) is 4.34. The number of nitrogens with one attached hydrogen (secondary N) is 3. The Morgan fingerprint density at radius 1 is 0.917 bits per heavy atom. The molecule has 4 aromatic rings. The van der Waals surface area contributed by atoms with Gasteiger partial charge in [-0.05, 0) is 54.4 Å². The van der Waals surface area contributed by atoms with Gasteiger partial charge in [0.15, 0.2) is 34.5 Å². The molecule has 0 aliphatic carbocycles. The van der Waals surface area contributed by atoms with Crippen LogP contribution in [0, 0.1) is 5.92 Å².